The van der Waals surface area contributed by atoms with Crippen molar-refractivity contribution in [3.8, 4) is 5.75 Å². The molecule has 0 saturated heterocycles. The Morgan fingerprint density at radius 2 is 2.00 bits per heavy atom. The van der Waals surface area contributed by atoms with Gasteiger partial charge in [0.05, 0.1) is 7.11 Å². The Hall–Kier alpha value is -1.07. The number of ether oxygens (including phenoxy) is 1. The van der Waals surface area contributed by atoms with Gasteiger partial charge >= 0.3 is 7.12 Å². The standard InChI is InChI=1S/C8H10BFO3/c1-12-8-4-2-7(3-5-8)6-9(11)13-10/h2-5,11H,6H2,1H3. The summed E-state index contributed by atoms with van der Waals surface area (Å²) in [5, 5.41) is 8.81. The van der Waals surface area contributed by atoms with Crippen LogP contribution >= 0.6 is 0 Å². The lowest BCUT2D eigenvalue weighted by Gasteiger charge is -2.02. The molecule has 3 nitrogen and oxygen atoms in total. The van der Waals surface area contributed by atoms with Gasteiger partial charge in [0, 0.05) is 6.32 Å². The van der Waals surface area contributed by atoms with E-state index in [-0.39, 0.29) is 6.32 Å². The van der Waals surface area contributed by atoms with E-state index in [4.69, 9.17) is 9.76 Å². The lowest BCUT2D eigenvalue weighted by atomic mass is 9.82. The van der Waals surface area contributed by atoms with Crippen LogP contribution in [0.2, 0.25) is 0 Å². The third-order valence-electron chi connectivity index (χ3n) is 1.67. The molecule has 0 aliphatic rings. The van der Waals surface area contributed by atoms with Gasteiger partial charge < -0.3 is 9.76 Å². The molecule has 0 aliphatic heterocycles. The maximum atomic E-state index is 11.4. The molecule has 0 unspecified atom stereocenters. The molecule has 5 heteroatoms. The second-order valence-electron chi connectivity index (χ2n) is 2.60. The third kappa shape index (κ3) is 3.04. The molecule has 1 N–H and O–H groups in total. The van der Waals surface area contributed by atoms with Crippen LogP contribution in [-0.4, -0.2) is 19.3 Å². The van der Waals surface area contributed by atoms with Crippen molar-refractivity contribution in [2.75, 3.05) is 7.11 Å². The zero-order chi connectivity index (χ0) is 9.68. The number of halogens is 1. The van der Waals surface area contributed by atoms with Crippen molar-refractivity contribution in [1.29, 1.82) is 0 Å². The molecule has 0 saturated carbocycles. The van der Waals surface area contributed by atoms with Crippen molar-refractivity contribution < 1.29 is 19.1 Å². The summed E-state index contributed by atoms with van der Waals surface area (Å²) in [6.45, 7) is 0. The van der Waals surface area contributed by atoms with Crippen molar-refractivity contribution >= 4 is 7.12 Å². The minimum atomic E-state index is -1.40. The van der Waals surface area contributed by atoms with Crippen LogP contribution in [0.25, 0.3) is 0 Å². The van der Waals surface area contributed by atoms with E-state index in [1.165, 1.54) is 0 Å². The molecule has 0 amide bonds. The van der Waals surface area contributed by atoms with E-state index in [1.807, 2.05) is 0 Å². The number of hydrogen-bond donors (Lipinski definition) is 1. The van der Waals surface area contributed by atoms with Gasteiger partial charge in [-0.2, -0.15) is 0 Å². The molecule has 0 aliphatic carbocycles. The molecule has 0 atom stereocenters. The summed E-state index contributed by atoms with van der Waals surface area (Å²) >= 11 is 0. The first-order chi connectivity index (χ1) is 6.26. The topological polar surface area (TPSA) is 38.7 Å². The Morgan fingerprint density at radius 1 is 1.38 bits per heavy atom. The van der Waals surface area contributed by atoms with E-state index >= 15 is 0 Å². The molecule has 13 heavy (non-hydrogen) atoms. The Labute approximate surface area is 76.1 Å². The van der Waals surface area contributed by atoms with Gasteiger partial charge in [-0.1, -0.05) is 16.7 Å². The first-order valence-corrected chi connectivity index (χ1v) is 3.84. The SMILES string of the molecule is COc1ccc(CB(O)OF)cc1. The van der Waals surface area contributed by atoms with Crippen molar-refractivity contribution in [3.63, 3.8) is 0 Å². The van der Waals surface area contributed by atoms with Crippen LogP contribution in [0.1, 0.15) is 5.56 Å². The van der Waals surface area contributed by atoms with Gasteiger partial charge in [0.1, 0.15) is 5.75 Å². The molecule has 0 fully saturated rings. The molecule has 0 spiro atoms. The van der Waals surface area contributed by atoms with Crippen molar-refractivity contribution in [1.82, 2.24) is 0 Å². The first-order valence-electron chi connectivity index (χ1n) is 3.84. The molecule has 1 aromatic carbocycles. The number of benzene rings is 1. The highest BCUT2D eigenvalue weighted by atomic mass is 19.3. The highest BCUT2D eigenvalue weighted by molar-refractivity contribution is 6.41. The second-order valence-corrected chi connectivity index (χ2v) is 2.60. The summed E-state index contributed by atoms with van der Waals surface area (Å²) in [5.74, 6) is 0.722. The smallest absolute Gasteiger partial charge is 0.497 e. The van der Waals surface area contributed by atoms with E-state index in [2.05, 4.69) is 4.86 Å². The average molecular weight is 184 g/mol. The van der Waals surface area contributed by atoms with Gasteiger partial charge in [-0.15, -0.1) is 0 Å². The molecule has 0 bridgehead atoms. The van der Waals surface area contributed by atoms with Crippen LogP contribution in [0, 0.1) is 0 Å². The second kappa shape index (κ2) is 4.84. The summed E-state index contributed by atoms with van der Waals surface area (Å²) in [6.07, 6.45) is 0.125. The Morgan fingerprint density at radius 3 is 2.46 bits per heavy atom. The highest BCUT2D eigenvalue weighted by Crippen LogP contribution is 2.12. The van der Waals surface area contributed by atoms with E-state index in [0.717, 1.165) is 11.3 Å². The fraction of sp³-hybridized carbons (Fsp3) is 0.250. The van der Waals surface area contributed by atoms with Crippen LogP contribution in [-0.2, 0) is 11.2 Å². The lowest BCUT2D eigenvalue weighted by Crippen LogP contribution is -2.17. The van der Waals surface area contributed by atoms with E-state index in [0.29, 0.717) is 0 Å². The minimum Gasteiger partial charge on any atom is -0.497 e. The largest absolute Gasteiger partial charge is 0.499 e. The molecule has 0 heterocycles. The minimum absolute atomic E-state index is 0.125. The lowest BCUT2D eigenvalue weighted by molar-refractivity contribution is -0.0319. The van der Waals surface area contributed by atoms with E-state index < -0.39 is 7.12 Å². The first kappa shape index (κ1) is 10.0. The number of rotatable bonds is 4. The Bertz CT molecular complexity index is 252. The number of methoxy groups -OCH3 is 1. The van der Waals surface area contributed by atoms with Gasteiger partial charge in [-0.25, -0.2) is 4.86 Å². The number of hydrogen-bond acceptors (Lipinski definition) is 3. The summed E-state index contributed by atoms with van der Waals surface area (Å²) in [7, 11) is 0.169. The Kier molecular flexibility index (Phi) is 3.73. The quantitative estimate of drug-likeness (QED) is 0.713. The van der Waals surface area contributed by atoms with Gasteiger partial charge in [0.2, 0.25) is 0 Å². The van der Waals surface area contributed by atoms with Crippen LogP contribution < -0.4 is 4.74 Å². The van der Waals surface area contributed by atoms with Gasteiger partial charge in [-0.05, 0) is 17.7 Å². The van der Waals surface area contributed by atoms with Gasteiger partial charge in [0.25, 0.3) is 0 Å². The fourth-order valence-electron chi connectivity index (χ4n) is 0.995. The molecule has 0 aromatic heterocycles. The van der Waals surface area contributed by atoms with Crippen LogP contribution in [0.15, 0.2) is 24.3 Å². The molecular weight excluding hydrogens is 174 g/mol. The van der Waals surface area contributed by atoms with Gasteiger partial charge in [-0.3, -0.25) is 0 Å². The maximum absolute atomic E-state index is 11.4. The van der Waals surface area contributed by atoms with Crippen LogP contribution in [0.3, 0.4) is 0 Å². The summed E-state index contributed by atoms with van der Waals surface area (Å²) in [5.41, 5.74) is 0.783. The molecule has 70 valence electrons. The predicted molar refractivity (Wildman–Crippen MR) is 46.9 cm³/mol. The zero-order valence-electron chi connectivity index (χ0n) is 7.24. The normalized spacial score (nSPS) is 9.77. The monoisotopic (exact) mass is 184 g/mol. The van der Waals surface area contributed by atoms with Crippen LogP contribution in [0.5, 0.6) is 5.75 Å². The summed E-state index contributed by atoms with van der Waals surface area (Å²) < 4.78 is 16.4. The molecule has 0 radical (unpaired) electrons. The fourth-order valence-corrected chi connectivity index (χ4v) is 0.995. The summed E-state index contributed by atoms with van der Waals surface area (Å²) in [6, 6.07) is 6.95. The zero-order valence-corrected chi connectivity index (χ0v) is 7.24. The van der Waals surface area contributed by atoms with Crippen molar-refractivity contribution in [3.05, 3.63) is 29.8 Å². The summed E-state index contributed by atoms with van der Waals surface area (Å²) in [4.78, 5) is 3.23. The maximum Gasteiger partial charge on any atom is 0.499 e. The van der Waals surface area contributed by atoms with Crippen molar-refractivity contribution in [2.45, 2.75) is 6.32 Å². The van der Waals surface area contributed by atoms with E-state index in [9.17, 15) is 4.53 Å². The predicted octanol–water partition coefficient (Wildman–Crippen LogP) is 1.16. The van der Waals surface area contributed by atoms with Crippen LogP contribution in [0.4, 0.5) is 4.53 Å². The Balaban J connectivity index is 2.58. The van der Waals surface area contributed by atoms with Gasteiger partial charge in [0.15, 0.2) is 0 Å². The molecule has 1 rings (SSSR count). The molecule has 1 aromatic rings. The highest BCUT2D eigenvalue weighted by Gasteiger charge is 2.14. The average Bonchev–Trinajstić information content (AvgIpc) is 2.19. The molecular formula is C8H10BFO3. The van der Waals surface area contributed by atoms with Crippen molar-refractivity contribution in [2.24, 2.45) is 0 Å². The van der Waals surface area contributed by atoms with E-state index in [1.54, 1.807) is 31.4 Å². The third-order valence-corrected chi connectivity index (χ3v) is 1.67.